The summed E-state index contributed by atoms with van der Waals surface area (Å²) in [6.07, 6.45) is 3.02. The van der Waals surface area contributed by atoms with Crippen LogP contribution in [0, 0.1) is 0 Å². The minimum absolute atomic E-state index is 0.112. The van der Waals surface area contributed by atoms with Crippen molar-refractivity contribution in [3.8, 4) is 0 Å². The fraction of sp³-hybridized carbons (Fsp3) is 0.125. The molecule has 6 nitrogen and oxygen atoms in total. The van der Waals surface area contributed by atoms with E-state index >= 15 is 0 Å². The van der Waals surface area contributed by atoms with Gasteiger partial charge < -0.3 is 14.6 Å². The maximum Gasteiger partial charge on any atom is 0.243 e. The molecule has 0 unspecified atom stereocenters. The SMILES string of the molecule is Nc1ccc(S(=O)(=O)N(Cc2ccco2)Cc2ccco2)cc1. The van der Waals surface area contributed by atoms with Gasteiger partial charge in [-0.1, -0.05) is 0 Å². The second-order valence-corrected chi connectivity index (χ2v) is 6.94. The molecule has 2 heterocycles. The number of rotatable bonds is 6. The van der Waals surface area contributed by atoms with Crippen LogP contribution in [-0.4, -0.2) is 12.7 Å². The van der Waals surface area contributed by atoms with Gasteiger partial charge in [0.1, 0.15) is 11.5 Å². The Bertz CT molecular complexity index is 802. The van der Waals surface area contributed by atoms with Gasteiger partial charge in [0.05, 0.1) is 30.5 Å². The number of furan rings is 2. The Morgan fingerprint density at radius 3 is 1.83 bits per heavy atom. The van der Waals surface area contributed by atoms with Crippen molar-refractivity contribution in [2.45, 2.75) is 18.0 Å². The Morgan fingerprint density at radius 2 is 1.39 bits per heavy atom. The summed E-state index contributed by atoms with van der Waals surface area (Å²) in [5.74, 6) is 1.10. The second kappa shape index (κ2) is 6.31. The number of nitrogens with zero attached hydrogens (tertiary/aromatic N) is 1. The van der Waals surface area contributed by atoms with E-state index in [2.05, 4.69) is 0 Å². The van der Waals surface area contributed by atoms with Crippen LogP contribution < -0.4 is 5.73 Å². The Morgan fingerprint density at radius 1 is 0.870 bits per heavy atom. The van der Waals surface area contributed by atoms with E-state index in [1.165, 1.54) is 29.0 Å². The minimum atomic E-state index is -3.71. The lowest BCUT2D eigenvalue weighted by Crippen LogP contribution is -2.30. The lowest BCUT2D eigenvalue weighted by molar-refractivity contribution is 0.330. The highest BCUT2D eigenvalue weighted by molar-refractivity contribution is 7.89. The fourth-order valence-corrected chi connectivity index (χ4v) is 3.54. The third-order valence-corrected chi connectivity index (χ3v) is 5.15. The summed E-state index contributed by atoms with van der Waals surface area (Å²) in [7, 11) is -3.71. The molecular formula is C16H16N2O4S. The molecular weight excluding hydrogens is 316 g/mol. The number of nitrogens with two attached hydrogens (primary N) is 1. The Hall–Kier alpha value is -2.51. The summed E-state index contributed by atoms with van der Waals surface area (Å²) in [5.41, 5.74) is 6.13. The van der Waals surface area contributed by atoms with Crippen molar-refractivity contribution >= 4 is 15.7 Å². The number of anilines is 1. The maximum atomic E-state index is 12.9. The van der Waals surface area contributed by atoms with Crippen LogP contribution in [0.5, 0.6) is 0 Å². The molecule has 0 radical (unpaired) electrons. The molecule has 0 aliphatic heterocycles. The molecule has 0 saturated heterocycles. The van der Waals surface area contributed by atoms with E-state index in [-0.39, 0.29) is 18.0 Å². The van der Waals surface area contributed by atoms with Gasteiger partial charge in [-0.15, -0.1) is 0 Å². The highest BCUT2D eigenvalue weighted by Crippen LogP contribution is 2.22. The average Bonchev–Trinajstić information content (AvgIpc) is 3.20. The first kappa shape index (κ1) is 15.4. The van der Waals surface area contributed by atoms with Crippen LogP contribution in [0.2, 0.25) is 0 Å². The van der Waals surface area contributed by atoms with Crippen molar-refractivity contribution in [2.75, 3.05) is 5.73 Å². The third-order valence-electron chi connectivity index (χ3n) is 3.34. The Labute approximate surface area is 134 Å². The van der Waals surface area contributed by atoms with Crippen molar-refractivity contribution in [1.82, 2.24) is 4.31 Å². The summed E-state index contributed by atoms with van der Waals surface area (Å²) in [4.78, 5) is 0.171. The molecule has 7 heteroatoms. The normalized spacial score (nSPS) is 11.9. The lowest BCUT2D eigenvalue weighted by atomic mass is 10.3. The molecule has 3 rings (SSSR count). The summed E-state index contributed by atoms with van der Waals surface area (Å²) in [6.45, 7) is 0.223. The molecule has 120 valence electrons. The van der Waals surface area contributed by atoms with Crippen molar-refractivity contribution in [1.29, 1.82) is 0 Å². The first-order valence-corrected chi connectivity index (χ1v) is 8.40. The number of hydrogen-bond donors (Lipinski definition) is 1. The topological polar surface area (TPSA) is 89.7 Å². The van der Waals surface area contributed by atoms with Crippen LogP contribution in [0.4, 0.5) is 5.69 Å². The lowest BCUT2D eigenvalue weighted by Gasteiger charge is -2.20. The number of hydrogen-bond acceptors (Lipinski definition) is 5. The molecule has 0 amide bonds. The van der Waals surface area contributed by atoms with Crippen LogP contribution in [0.15, 0.2) is 74.8 Å². The van der Waals surface area contributed by atoms with Crippen molar-refractivity contribution < 1.29 is 17.3 Å². The average molecular weight is 332 g/mol. The number of nitrogen functional groups attached to an aromatic ring is 1. The molecule has 1 aromatic carbocycles. The minimum Gasteiger partial charge on any atom is -0.468 e. The van der Waals surface area contributed by atoms with Crippen LogP contribution in [0.25, 0.3) is 0 Å². The zero-order chi connectivity index (χ0) is 16.3. The monoisotopic (exact) mass is 332 g/mol. The largest absolute Gasteiger partial charge is 0.468 e. The predicted octanol–water partition coefficient (Wildman–Crippen LogP) is 2.85. The fourth-order valence-electron chi connectivity index (χ4n) is 2.17. The Balaban J connectivity index is 1.93. The van der Waals surface area contributed by atoms with E-state index in [1.807, 2.05) is 0 Å². The van der Waals surface area contributed by atoms with Crippen LogP contribution >= 0.6 is 0 Å². The molecule has 0 aliphatic carbocycles. The van der Waals surface area contributed by atoms with Gasteiger partial charge in [0.2, 0.25) is 10.0 Å². The van der Waals surface area contributed by atoms with E-state index in [1.54, 1.807) is 36.4 Å². The standard InChI is InChI=1S/C16H16N2O4S/c17-13-5-7-16(8-6-13)23(19,20)18(11-14-3-1-9-21-14)12-15-4-2-10-22-15/h1-10H,11-12,17H2. The van der Waals surface area contributed by atoms with Gasteiger partial charge in [-0.05, 0) is 48.5 Å². The molecule has 0 bridgehead atoms. The van der Waals surface area contributed by atoms with E-state index in [0.717, 1.165) is 0 Å². The zero-order valence-electron chi connectivity index (χ0n) is 12.3. The van der Waals surface area contributed by atoms with Crippen LogP contribution in [-0.2, 0) is 23.1 Å². The summed E-state index contributed by atoms with van der Waals surface area (Å²) >= 11 is 0. The summed E-state index contributed by atoms with van der Waals surface area (Å²) < 4.78 is 37.7. The predicted molar refractivity (Wildman–Crippen MR) is 84.7 cm³/mol. The molecule has 2 N–H and O–H groups in total. The molecule has 2 aromatic heterocycles. The molecule has 23 heavy (non-hydrogen) atoms. The van der Waals surface area contributed by atoms with Gasteiger partial charge in [0.25, 0.3) is 0 Å². The highest BCUT2D eigenvalue weighted by atomic mass is 32.2. The quantitative estimate of drug-likeness (QED) is 0.701. The van der Waals surface area contributed by atoms with Gasteiger partial charge in [0, 0.05) is 5.69 Å². The smallest absolute Gasteiger partial charge is 0.243 e. The molecule has 3 aromatic rings. The molecule has 0 fully saturated rings. The van der Waals surface area contributed by atoms with E-state index in [9.17, 15) is 8.42 Å². The first-order chi connectivity index (χ1) is 11.1. The van der Waals surface area contributed by atoms with Crippen LogP contribution in [0.3, 0.4) is 0 Å². The Kier molecular flexibility index (Phi) is 4.22. The second-order valence-electron chi connectivity index (χ2n) is 5.00. The maximum absolute atomic E-state index is 12.9. The molecule has 0 aliphatic rings. The van der Waals surface area contributed by atoms with Crippen molar-refractivity contribution in [3.05, 3.63) is 72.6 Å². The van der Waals surface area contributed by atoms with E-state index < -0.39 is 10.0 Å². The van der Waals surface area contributed by atoms with Gasteiger partial charge in [0.15, 0.2) is 0 Å². The van der Waals surface area contributed by atoms with Gasteiger partial charge in [-0.2, -0.15) is 4.31 Å². The highest BCUT2D eigenvalue weighted by Gasteiger charge is 2.26. The number of sulfonamides is 1. The van der Waals surface area contributed by atoms with E-state index in [4.69, 9.17) is 14.6 Å². The van der Waals surface area contributed by atoms with Crippen molar-refractivity contribution in [2.24, 2.45) is 0 Å². The molecule has 0 atom stereocenters. The molecule has 0 spiro atoms. The van der Waals surface area contributed by atoms with E-state index in [0.29, 0.717) is 17.2 Å². The van der Waals surface area contributed by atoms with Gasteiger partial charge in [-0.3, -0.25) is 0 Å². The zero-order valence-corrected chi connectivity index (χ0v) is 13.1. The molecule has 0 saturated carbocycles. The van der Waals surface area contributed by atoms with Gasteiger partial charge >= 0.3 is 0 Å². The third kappa shape index (κ3) is 3.46. The van der Waals surface area contributed by atoms with Gasteiger partial charge in [-0.25, -0.2) is 8.42 Å². The first-order valence-electron chi connectivity index (χ1n) is 6.96. The van der Waals surface area contributed by atoms with Crippen molar-refractivity contribution in [3.63, 3.8) is 0 Å². The number of benzene rings is 1. The summed E-state index contributed by atoms with van der Waals surface area (Å²) in [6, 6.07) is 13.0. The van der Waals surface area contributed by atoms with Crippen LogP contribution in [0.1, 0.15) is 11.5 Å². The summed E-state index contributed by atoms with van der Waals surface area (Å²) in [5, 5.41) is 0.